The monoisotopic (exact) mass is 289 g/mol. The zero-order valence-electron chi connectivity index (χ0n) is 13.6. The van der Waals surface area contributed by atoms with Crippen LogP contribution in [0.15, 0.2) is 18.2 Å². The van der Waals surface area contributed by atoms with Gasteiger partial charge >= 0.3 is 0 Å². The maximum Gasteiger partial charge on any atom is 0.136 e. The van der Waals surface area contributed by atoms with Gasteiger partial charge in [-0.3, -0.25) is 0 Å². The standard InChI is InChI=1S/C17H27N3O/c1-14(2)20(3)10-6-5-9-19-13-15-7-8-16(12-18)17(11-15)21-4/h7-8,11,14,19H,5-6,9-10,13H2,1-4H3. The van der Waals surface area contributed by atoms with Gasteiger partial charge in [0.15, 0.2) is 0 Å². The van der Waals surface area contributed by atoms with Gasteiger partial charge in [-0.15, -0.1) is 0 Å². The third kappa shape index (κ3) is 6.16. The second-order valence-corrected chi connectivity index (χ2v) is 5.60. The number of methoxy groups -OCH3 is 1. The summed E-state index contributed by atoms with van der Waals surface area (Å²) in [7, 11) is 3.76. The average molecular weight is 289 g/mol. The van der Waals surface area contributed by atoms with Gasteiger partial charge in [0.25, 0.3) is 0 Å². The Bertz CT molecular complexity index is 466. The Kier molecular flexibility index (Phi) is 7.81. The van der Waals surface area contributed by atoms with E-state index in [2.05, 4.69) is 37.2 Å². The minimum absolute atomic E-state index is 0.581. The molecule has 0 aliphatic rings. The minimum Gasteiger partial charge on any atom is -0.495 e. The molecule has 1 N–H and O–H groups in total. The summed E-state index contributed by atoms with van der Waals surface area (Å²) in [6.07, 6.45) is 2.38. The van der Waals surface area contributed by atoms with Crippen molar-refractivity contribution in [2.24, 2.45) is 0 Å². The number of hydrogen-bond acceptors (Lipinski definition) is 4. The van der Waals surface area contributed by atoms with Crippen LogP contribution in [0.4, 0.5) is 0 Å². The van der Waals surface area contributed by atoms with Crippen LogP contribution in [0.25, 0.3) is 0 Å². The molecule has 0 heterocycles. The summed E-state index contributed by atoms with van der Waals surface area (Å²) in [6.45, 7) is 7.40. The van der Waals surface area contributed by atoms with E-state index < -0.39 is 0 Å². The van der Waals surface area contributed by atoms with E-state index in [1.54, 1.807) is 7.11 Å². The molecule has 0 bridgehead atoms. The highest BCUT2D eigenvalue weighted by atomic mass is 16.5. The molecular formula is C17H27N3O. The van der Waals surface area contributed by atoms with E-state index in [-0.39, 0.29) is 0 Å². The van der Waals surface area contributed by atoms with Gasteiger partial charge in [-0.1, -0.05) is 6.07 Å². The summed E-state index contributed by atoms with van der Waals surface area (Å²) in [5, 5.41) is 12.4. The Labute approximate surface area is 128 Å². The molecule has 0 aliphatic heterocycles. The lowest BCUT2D eigenvalue weighted by molar-refractivity contribution is 0.268. The first kappa shape index (κ1) is 17.5. The summed E-state index contributed by atoms with van der Waals surface area (Å²) in [5.74, 6) is 0.648. The number of unbranched alkanes of at least 4 members (excludes halogenated alkanes) is 1. The fraction of sp³-hybridized carbons (Fsp3) is 0.588. The minimum atomic E-state index is 0.581. The molecule has 0 saturated carbocycles. The molecule has 0 fully saturated rings. The zero-order valence-corrected chi connectivity index (χ0v) is 13.6. The highest BCUT2D eigenvalue weighted by Gasteiger charge is 2.04. The van der Waals surface area contributed by atoms with E-state index in [9.17, 15) is 0 Å². The van der Waals surface area contributed by atoms with Crippen LogP contribution in [0, 0.1) is 11.3 Å². The maximum atomic E-state index is 8.95. The van der Waals surface area contributed by atoms with Gasteiger partial charge < -0.3 is 15.0 Å². The van der Waals surface area contributed by atoms with Crippen molar-refractivity contribution in [3.05, 3.63) is 29.3 Å². The molecule has 116 valence electrons. The molecule has 1 aromatic rings. The molecule has 0 aliphatic carbocycles. The molecule has 0 spiro atoms. The number of nitrogens with one attached hydrogen (secondary N) is 1. The highest BCUT2D eigenvalue weighted by Crippen LogP contribution is 2.19. The van der Waals surface area contributed by atoms with E-state index in [0.29, 0.717) is 17.4 Å². The fourth-order valence-corrected chi connectivity index (χ4v) is 2.04. The Morgan fingerprint density at radius 1 is 1.33 bits per heavy atom. The van der Waals surface area contributed by atoms with Crippen molar-refractivity contribution < 1.29 is 4.74 Å². The second-order valence-electron chi connectivity index (χ2n) is 5.60. The van der Waals surface area contributed by atoms with Crippen LogP contribution < -0.4 is 10.1 Å². The predicted molar refractivity (Wildman–Crippen MR) is 86.4 cm³/mol. The van der Waals surface area contributed by atoms with Gasteiger partial charge in [-0.2, -0.15) is 5.26 Å². The average Bonchev–Trinajstić information content (AvgIpc) is 2.49. The van der Waals surface area contributed by atoms with Crippen LogP contribution >= 0.6 is 0 Å². The van der Waals surface area contributed by atoms with Gasteiger partial charge in [0, 0.05) is 12.6 Å². The largest absolute Gasteiger partial charge is 0.495 e. The Hall–Kier alpha value is -1.57. The van der Waals surface area contributed by atoms with E-state index in [0.717, 1.165) is 25.2 Å². The van der Waals surface area contributed by atoms with Crippen molar-refractivity contribution in [3.8, 4) is 11.8 Å². The van der Waals surface area contributed by atoms with E-state index in [1.165, 1.54) is 12.8 Å². The molecule has 1 rings (SSSR count). The predicted octanol–water partition coefficient (Wildman–Crippen LogP) is 2.78. The van der Waals surface area contributed by atoms with Gasteiger partial charge in [0.05, 0.1) is 12.7 Å². The summed E-state index contributed by atoms with van der Waals surface area (Å²) < 4.78 is 5.21. The third-order valence-corrected chi connectivity index (χ3v) is 3.71. The summed E-state index contributed by atoms with van der Waals surface area (Å²) in [5.41, 5.74) is 1.73. The molecule has 0 atom stereocenters. The van der Waals surface area contributed by atoms with Crippen LogP contribution in [0.3, 0.4) is 0 Å². The molecule has 0 unspecified atom stereocenters. The number of rotatable bonds is 9. The molecule has 21 heavy (non-hydrogen) atoms. The van der Waals surface area contributed by atoms with Gasteiger partial charge in [0.1, 0.15) is 11.8 Å². The summed E-state index contributed by atoms with van der Waals surface area (Å²) in [6, 6.07) is 8.46. The third-order valence-electron chi connectivity index (χ3n) is 3.71. The number of hydrogen-bond donors (Lipinski definition) is 1. The van der Waals surface area contributed by atoms with Crippen LogP contribution in [0.5, 0.6) is 5.75 Å². The first-order chi connectivity index (χ1) is 10.1. The van der Waals surface area contributed by atoms with Gasteiger partial charge in [0.2, 0.25) is 0 Å². The Morgan fingerprint density at radius 2 is 2.10 bits per heavy atom. The quantitative estimate of drug-likeness (QED) is 0.710. The lowest BCUT2D eigenvalue weighted by atomic mass is 10.1. The zero-order chi connectivity index (χ0) is 15.7. The first-order valence-electron chi connectivity index (χ1n) is 7.56. The molecule has 0 saturated heterocycles. The summed E-state index contributed by atoms with van der Waals surface area (Å²) >= 11 is 0. The van der Waals surface area contributed by atoms with Crippen LogP contribution in [-0.2, 0) is 6.54 Å². The normalized spacial score (nSPS) is 10.9. The smallest absolute Gasteiger partial charge is 0.136 e. The topological polar surface area (TPSA) is 48.3 Å². The van der Waals surface area contributed by atoms with Gasteiger partial charge in [-0.25, -0.2) is 0 Å². The lowest BCUT2D eigenvalue weighted by Gasteiger charge is -2.20. The molecular weight excluding hydrogens is 262 g/mol. The summed E-state index contributed by atoms with van der Waals surface area (Å²) in [4.78, 5) is 2.37. The van der Waals surface area contributed by atoms with E-state index in [1.807, 2.05) is 18.2 Å². The molecule has 0 amide bonds. The van der Waals surface area contributed by atoms with Crippen molar-refractivity contribution in [1.29, 1.82) is 5.26 Å². The number of ether oxygens (including phenoxy) is 1. The molecule has 4 heteroatoms. The van der Waals surface area contributed by atoms with Crippen LogP contribution in [0.1, 0.15) is 37.8 Å². The fourth-order valence-electron chi connectivity index (χ4n) is 2.04. The second kappa shape index (κ2) is 9.38. The molecule has 1 aromatic carbocycles. The first-order valence-corrected chi connectivity index (χ1v) is 7.56. The maximum absolute atomic E-state index is 8.95. The Balaban J connectivity index is 2.26. The lowest BCUT2D eigenvalue weighted by Crippen LogP contribution is -2.27. The van der Waals surface area contributed by atoms with E-state index >= 15 is 0 Å². The van der Waals surface area contributed by atoms with Crippen molar-refractivity contribution >= 4 is 0 Å². The Morgan fingerprint density at radius 3 is 2.71 bits per heavy atom. The van der Waals surface area contributed by atoms with Crippen molar-refractivity contribution in [2.45, 2.75) is 39.3 Å². The number of nitrogens with zero attached hydrogens (tertiary/aromatic N) is 2. The van der Waals surface area contributed by atoms with Crippen molar-refractivity contribution in [3.63, 3.8) is 0 Å². The molecule has 0 radical (unpaired) electrons. The van der Waals surface area contributed by atoms with Crippen molar-refractivity contribution in [1.82, 2.24) is 10.2 Å². The van der Waals surface area contributed by atoms with Crippen LogP contribution in [0.2, 0.25) is 0 Å². The van der Waals surface area contributed by atoms with Crippen LogP contribution in [-0.4, -0.2) is 38.2 Å². The molecule has 4 nitrogen and oxygen atoms in total. The van der Waals surface area contributed by atoms with E-state index in [4.69, 9.17) is 10.00 Å². The molecule has 0 aromatic heterocycles. The van der Waals surface area contributed by atoms with Crippen molar-refractivity contribution in [2.75, 3.05) is 27.2 Å². The van der Waals surface area contributed by atoms with Gasteiger partial charge in [-0.05, 0) is 64.5 Å². The number of nitriles is 1. The number of benzene rings is 1. The SMILES string of the molecule is COc1cc(CNCCCCN(C)C(C)C)ccc1C#N. The highest BCUT2D eigenvalue weighted by molar-refractivity contribution is 5.45.